The van der Waals surface area contributed by atoms with Crippen molar-refractivity contribution in [3.05, 3.63) is 24.0 Å². The third-order valence-corrected chi connectivity index (χ3v) is 3.29. The van der Waals surface area contributed by atoms with Gasteiger partial charge in [-0.2, -0.15) is 0 Å². The smallest absolute Gasteiger partial charge is 0.255 e. The van der Waals surface area contributed by atoms with Gasteiger partial charge in [-0.3, -0.25) is 9.78 Å². The maximum absolute atomic E-state index is 12.2. The third kappa shape index (κ3) is 2.98. The van der Waals surface area contributed by atoms with E-state index in [1.54, 1.807) is 19.4 Å². The van der Waals surface area contributed by atoms with Crippen LogP contribution in [0.3, 0.4) is 0 Å². The van der Waals surface area contributed by atoms with Crippen LogP contribution in [0.1, 0.15) is 23.2 Å². The Morgan fingerprint density at radius 2 is 2.39 bits per heavy atom. The van der Waals surface area contributed by atoms with Crippen molar-refractivity contribution >= 4 is 11.6 Å². The van der Waals surface area contributed by atoms with Gasteiger partial charge in [0.1, 0.15) is 0 Å². The van der Waals surface area contributed by atoms with Gasteiger partial charge in [0, 0.05) is 37.7 Å². The summed E-state index contributed by atoms with van der Waals surface area (Å²) >= 11 is 0. The van der Waals surface area contributed by atoms with Gasteiger partial charge in [-0.1, -0.05) is 0 Å². The second kappa shape index (κ2) is 5.82. The standard InChI is InChI=1S/C13H20N4O/c1-14-12-5-6-15-8-11(12)13(18)16-10-4-3-7-17(2)9-10/h5-6,8,10H,3-4,7,9H2,1-2H3,(H,14,15)(H,16,18). The van der Waals surface area contributed by atoms with Crippen LogP contribution in [0.4, 0.5) is 5.69 Å². The van der Waals surface area contributed by atoms with E-state index in [0.717, 1.165) is 31.6 Å². The molecular formula is C13H20N4O. The van der Waals surface area contributed by atoms with Crippen LogP contribution in [-0.4, -0.2) is 49.0 Å². The van der Waals surface area contributed by atoms with Gasteiger partial charge < -0.3 is 15.5 Å². The van der Waals surface area contributed by atoms with Crippen molar-refractivity contribution in [3.63, 3.8) is 0 Å². The first-order chi connectivity index (χ1) is 8.70. The van der Waals surface area contributed by atoms with E-state index < -0.39 is 0 Å². The van der Waals surface area contributed by atoms with Crippen molar-refractivity contribution in [3.8, 4) is 0 Å². The van der Waals surface area contributed by atoms with Gasteiger partial charge in [-0.05, 0) is 32.5 Å². The number of hydrogen-bond acceptors (Lipinski definition) is 4. The molecule has 2 rings (SSSR count). The molecule has 2 N–H and O–H groups in total. The molecule has 1 saturated heterocycles. The molecule has 1 fully saturated rings. The maximum atomic E-state index is 12.2. The number of piperidine rings is 1. The summed E-state index contributed by atoms with van der Waals surface area (Å²) in [7, 11) is 3.89. The highest BCUT2D eigenvalue weighted by molar-refractivity contribution is 5.99. The fourth-order valence-corrected chi connectivity index (χ4v) is 2.34. The molecule has 98 valence electrons. The number of nitrogens with zero attached hydrogens (tertiary/aromatic N) is 2. The van der Waals surface area contributed by atoms with Crippen LogP contribution < -0.4 is 10.6 Å². The molecule has 0 aromatic carbocycles. The predicted molar refractivity (Wildman–Crippen MR) is 71.8 cm³/mol. The SMILES string of the molecule is CNc1ccncc1C(=O)NC1CCCN(C)C1. The summed E-state index contributed by atoms with van der Waals surface area (Å²) < 4.78 is 0. The molecule has 2 heterocycles. The highest BCUT2D eigenvalue weighted by atomic mass is 16.1. The summed E-state index contributed by atoms with van der Waals surface area (Å²) in [6.45, 7) is 2.03. The first-order valence-electron chi connectivity index (χ1n) is 6.32. The number of anilines is 1. The monoisotopic (exact) mass is 248 g/mol. The molecule has 0 spiro atoms. The van der Waals surface area contributed by atoms with Crippen LogP contribution in [0.25, 0.3) is 0 Å². The Labute approximate surface area is 108 Å². The summed E-state index contributed by atoms with van der Waals surface area (Å²) in [5.74, 6) is -0.0484. The second-order valence-corrected chi connectivity index (χ2v) is 4.75. The summed E-state index contributed by atoms with van der Waals surface area (Å²) in [5.41, 5.74) is 1.42. The number of pyridine rings is 1. The minimum absolute atomic E-state index is 0.0484. The Morgan fingerprint density at radius 3 is 3.11 bits per heavy atom. The molecule has 0 saturated carbocycles. The van der Waals surface area contributed by atoms with E-state index in [-0.39, 0.29) is 11.9 Å². The van der Waals surface area contributed by atoms with Crippen molar-refractivity contribution in [2.45, 2.75) is 18.9 Å². The van der Waals surface area contributed by atoms with E-state index in [0.29, 0.717) is 5.56 Å². The van der Waals surface area contributed by atoms with Crippen molar-refractivity contribution in [2.75, 3.05) is 32.5 Å². The Bertz CT molecular complexity index is 421. The number of rotatable bonds is 3. The Kier molecular flexibility index (Phi) is 4.15. The Morgan fingerprint density at radius 1 is 1.56 bits per heavy atom. The number of likely N-dealkylation sites (N-methyl/N-ethyl adjacent to an activating group) is 1. The van der Waals surface area contributed by atoms with Crippen molar-refractivity contribution in [2.24, 2.45) is 0 Å². The Hall–Kier alpha value is -1.62. The molecule has 1 unspecified atom stereocenters. The lowest BCUT2D eigenvalue weighted by molar-refractivity contribution is 0.0913. The van der Waals surface area contributed by atoms with E-state index >= 15 is 0 Å². The number of hydrogen-bond donors (Lipinski definition) is 2. The number of carbonyl (C=O) groups is 1. The van der Waals surface area contributed by atoms with Crippen LogP contribution in [0.2, 0.25) is 0 Å². The fraction of sp³-hybridized carbons (Fsp3) is 0.538. The maximum Gasteiger partial charge on any atom is 0.255 e. The molecule has 1 amide bonds. The van der Waals surface area contributed by atoms with Crippen LogP contribution in [0.15, 0.2) is 18.5 Å². The molecule has 0 radical (unpaired) electrons. The molecule has 18 heavy (non-hydrogen) atoms. The van der Waals surface area contributed by atoms with E-state index in [1.165, 1.54) is 0 Å². The summed E-state index contributed by atoms with van der Waals surface area (Å²) in [6, 6.07) is 2.04. The number of likely N-dealkylation sites (tertiary alicyclic amines) is 1. The van der Waals surface area contributed by atoms with Crippen LogP contribution >= 0.6 is 0 Å². The van der Waals surface area contributed by atoms with Crippen molar-refractivity contribution < 1.29 is 4.79 Å². The van der Waals surface area contributed by atoms with Crippen LogP contribution in [0.5, 0.6) is 0 Å². The first kappa shape index (κ1) is 12.8. The molecule has 1 aromatic rings. The highest BCUT2D eigenvalue weighted by Gasteiger charge is 2.20. The quantitative estimate of drug-likeness (QED) is 0.836. The molecule has 5 nitrogen and oxygen atoms in total. The topological polar surface area (TPSA) is 57.3 Å². The van der Waals surface area contributed by atoms with E-state index in [2.05, 4.69) is 27.6 Å². The lowest BCUT2D eigenvalue weighted by atomic mass is 10.1. The van der Waals surface area contributed by atoms with E-state index in [4.69, 9.17) is 0 Å². The number of amides is 1. The minimum atomic E-state index is -0.0484. The third-order valence-electron chi connectivity index (χ3n) is 3.29. The summed E-state index contributed by atoms with van der Waals surface area (Å²) in [4.78, 5) is 18.4. The number of carbonyl (C=O) groups excluding carboxylic acids is 1. The largest absolute Gasteiger partial charge is 0.387 e. The van der Waals surface area contributed by atoms with E-state index in [1.807, 2.05) is 6.07 Å². The minimum Gasteiger partial charge on any atom is -0.387 e. The van der Waals surface area contributed by atoms with Gasteiger partial charge in [0.25, 0.3) is 5.91 Å². The molecule has 5 heteroatoms. The second-order valence-electron chi connectivity index (χ2n) is 4.75. The lowest BCUT2D eigenvalue weighted by Gasteiger charge is -2.30. The van der Waals surface area contributed by atoms with E-state index in [9.17, 15) is 4.79 Å². The van der Waals surface area contributed by atoms with Gasteiger partial charge in [0.15, 0.2) is 0 Å². The average Bonchev–Trinajstić information content (AvgIpc) is 2.38. The predicted octanol–water partition coefficient (Wildman–Crippen LogP) is 0.947. The Balaban J connectivity index is 2.03. The van der Waals surface area contributed by atoms with Gasteiger partial charge in [-0.25, -0.2) is 0 Å². The van der Waals surface area contributed by atoms with Crippen molar-refractivity contribution in [1.29, 1.82) is 0 Å². The molecule has 0 aliphatic carbocycles. The van der Waals surface area contributed by atoms with Gasteiger partial charge >= 0.3 is 0 Å². The summed E-state index contributed by atoms with van der Waals surface area (Å²) in [6.07, 6.45) is 5.46. The molecule has 1 aliphatic heterocycles. The van der Waals surface area contributed by atoms with Crippen molar-refractivity contribution in [1.82, 2.24) is 15.2 Å². The molecule has 1 aromatic heterocycles. The lowest BCUT2D eigenvalue weighted by Crippen LogP contribution is -2.46. The zero-order valence-corrected chi connectivity index (χ0v) is 10.9. The molecule has 1 aliphatic rings. The first-order valence-corrected chi connectivity index (χ1v) is 6.32. The van der Waals surface area contributed by atoms with Gasteiger partial charge in [0.05, 0.1) is 5.56 Å². The normalized spacial score (nSPS) is 20.4. The van der Waals surface area contributed by atoms with Crippen LogP contribution in [-0.2, 0) is 0 Å². The highest BCUT2D eigenvalue weighted by Crippen LogP contribution is 2.14. The zero-order valence-electron chi connectivity index (χ0n) is 10.9. The van der Waals surface area contributed by atoms with Gasteiger partial charge in [-0.15, -0.1) is 0 Å². The molecule has 1 atom stereocenters. The number of nitrogens with one attached hydrogen (secondary N) is 2. The fourth-order valence-electron chi connectivity index (χ4n) is 2.34. The molecule has 0 bridgehead atoms. The number of aromatic nitrogens is 1. The molecular weight excluding hydrogens is 228 g/mol. The average molecular weight is 248 g/mol. The van der Waals surface area contributed by atoms with Crippen LogP contribution in [0, 0.1) is 0 Å². The zero-order chi connectivity index (χ0) is 13.0. The summed E-state index contributed by atoms with van der Waals surface area (Å²) in [5, 5.41) is 6.09. The van der Waals surface area contributed by atoms with Gasteiger partial charge in [0.2, 0.25) is 0 Å².